The van der Waals surface area contributed by atoms with Crippen LogP contribution in [0.1, 0.15) is 28.4 Å². The summed E-state index contributed by atoms with van der Waals surface area (Å²) in [6.07, 6.45) is -0.0295. The molecule has 1 aliphatic rings. The van der Waals surface area contributed by atoms with Gasteiger partial charge in [0.1, 0.15) is 0 Å². The number of rotatable bonds is 4. The molecule has 0 spiro atoms. The van der Waals surface area contributed by atoms with Gasteiger partial charge in [0.05, 0.1) is 17.6 Å². The smallest absolute Gasteiger partial charge is 0.261 e. The number of hydrogen-bond acceptors (Lipinski definition) is 4. The van der Waals surface area contributed by atoms with Gasteiger partial charge in [-0.05, 0) is 50.6 Å². The van der Waals surface area contributed by atoms with Gasteiger partial charge < -0.3 is 9.64 Å². The summed E-state index contributed by atoms with van der Waals surface area (Å²) in [6.45, 7) is 7.14. The van der Waals surface area contributed by atoms with Crippen molar-refractivity contribution in [1.82, 2.24) is 4.90 Å². The topological polar surface area (TPSA) is 75.7 Å². The first-order chi connectivity index (χ1) is 12.8. The maximum absolute atomic E-state index is 12.9. The average Bonchev–Trinajstić information content (AvgIpc) is 2.63. The molecular formula is C20H24N2O4S. The predicted molar refractivity (Wildman–Crippen MR) is 104 cm³/mol. The molecular weight excluding hydrogens is 364 g/mol. The third kappa shape index (κ3) is 4.48. The summed E-state index contributed by atoms with van der Waals surface area (Å²) in [7, 11) is -3.79. The van der Waals surface area contributed by atoms with E-state index in [9.17, 15) is 13.2 Å². The molecule has 1 saturated heterocycles. The average molecular weight is 388 g/mol. The second kappa shape index (κ2) is 7.70. The summed E-state index contributed by atoms with van der Waals surface area (Å²) in [6, 6.07) is 11.7. The molecule has 1 heterocycles. The Morgan fingerprint density at radius 3 is 2.52 bits per heavy atom. The monoisotopic (exact) mass is 388 g/mol. The van der Waals surface area contributed by atoms with E-state index in [1.165, 1.54) is 12.1 Å². The number of amides is 1. The molecule has 2 aromatic rings. The quantitative estimate of drug-likeness (QED) is 0.874. The van der Waals surface area contributed by atoms with Gasteiger partial charge in [-0.15, -0.1) is 0 Å². The first-order valence-corrected chi connectivity index (χ1v) is 10.4. The van der Waals surface area contributed by atoms with Gasteiger partial charge in [0.15, 0.2) is 0 Å². The van der Waals surface area contributed by atoms with Crippen molar-refractivity contribution in [2.24, 2.45) is 0 Å². The Morgan fingerprint density at radius 1 is 1.15 bits per heavy atom. The largest absolute Gasteiger partial charge is 0.375 e. The summed E-state index contributed by atoms with van der Waals surface area (Å²) < 4.78 is 33.5. The van der Waals surface area contributed by atoms with E-state index in [0.717, 1.165) is 11.1 Å². The van der Waals surface area contributed by atoms with Crippen molar-refractivity contribution in [2.75, 3.05) is 24.4 Å². The van der Waals surface area contributed by atoms with Crippen LogP contribution in [0.15, 0.2) is 47.4 Å². The molecule has 0 bridgehead atoms. The molecule has 1 atom stereocenters. The Kier molecular flexibility index (Phi) is 5.53. The van der Waals surface area contributed by atoms with Gasteiger partial charge in [0, 0.05) is 24.3 Å². The Bertz CT molecular complexity index is 939. The summed E-state index contributed by atoms with van der Waals surface area (Å²) in [5.41, 5.74) is 2.67. The lowest BCUT2D eigenvalue weighted by Crippen LogP contribution is -2.44. The molecule has 7 heteroatoms. The van der Waals surface area contributed by atoms with E-state index in [2.05, 4.69) is 4.72 Å². The summed E-state index contributed by atoms with van der Waals surface area (Å²) in [4.78, 5) is 14.7. The minimum Gasteiger partial charge on any atom is -0.375 e. The first-order valence-electron chi connectivity index (χ1n) is 8.87. The van der Waals surface area contributed by atoms with Crippen molar-refractivity contribution >= 4 is 21.6 Å². The van der Waals surface area contributed by atoms with E-state index >= 15 is 0 Å². The lowest BCUT2D eigenvalue weighted by atomic mass is 10.1. The van der Waals surface area contributed by atoms with Crippen LogP contribution in [0, 0.1) is 13.8 Å². The summed E-state index contributed by atoms with van der Waals surface area (Å²) in [5.74, 6) is -0.171. The fraction of sp³-hybridized carbons (Fsp3) is 0.350. The zero-order valence-electron chi connectivity index (χ0n) is 15.7. The Labute approximate surface area is 160 Å². The molecule has 0 radical (unpaired) electrons. The lowest BCUT2D eigenvalue weighted by molar-refractivity contribution is -0.0124. The Hall–Kier alpha value is -2.38. The van der Waals surface area contributed by atoms with Crippen LogP contribution in [0.5, 0.6) is 0 Å². The van der Waals surface area contributed by atoms with Crippen molar-refractivity contribution in [3.05, 3.63) is 59.2 Å². The zero-order chi connectivity index (χ0) is 19.6. The van der Waals surface area contributed by atoms with E-state index < -0.39 is 10.0 Å². The first kappa shape index (κ1) is 19.4. The number of benzene rings is 2. The molecule has 1 aliphatic heterocycles. The molecule has 3 rings (SSSR count). The lowest BCUT2D eigenvalue weighted by Gasteiger charge is -2.31. The van der Waals surface area contributed by atoms with Crippen molar-refractivity contribution in [2.45, 2.75) is 31.8 Å². The number of hydrogen-bond donors (Lipinski definition) is 1. The minimum absolute atomic E-state index is 0.0295. The van der Waals surface area contributed by atoms with Crippen LogP contribution >= 0.6 is 0 Å². The number of anilines is 1. The molecule has 1 unspecified atom stereocenters. The molecule has 27 heavy (non-hydrogen) atoms. The van der Waals surface area contributed by atoms with Gasteiger partial charge in [0.2, 0.25) is 0 Å². The minimum atomic E-state index is -3.79. The fourth-order valence-corrected chi connectivity index (χ4v) is 4.09. The Balaban J connectivity index is 1.87. The third-order valence-electron chi connectivity index (χ3n) is 4.58. The number of aryl methyl sites for hydroxylation is 2. The van der Waals surface area contributed by atoms with E-state index in [1.54, 1.807) is 30.0 Å². The molecule has 1 fully saturated rings. The number of ether oxygens (including phenoxy) is 1. The van der Waals surface area contributed by atoms with Crippen molar-refractivity contribution < 1.29 is 17.9 Å². The summed E-state index contributed by atoms with van der Waals surface area (Å²) >= 11 is 0. The van der Waals surface area contributed by atoms with Gasteiger partial charge in [-0.3, -0.25) is 9.52 Å². The fourth-order valence-electron chi connectivity index (χ4n) is 3.01. The van der Waals surface area contributed by atoms with Crippen LogP contribution in [0.3, 0.4) is 0 Å². The molecule has 144 valence electrons. The van der Waals surface area contributed by atoms with Crippen LogP contribution in [-0.4, -0.2) is 45.0 Å². The number of nitrogens with one attached hydrogen (secondary N) is 1. The predicted octanol–water partition coefficient (Wildman–Crippen LogP) is 2.97. The normalized spacial score (nSPS) is 17.6. The van der Waals surface area contributed by atoms with E-state index in [4.69, 9.17) is 4.74 Å². The van der Waals surface area contributed by atoms with Gasteiger partial charge >= 0.3 is 0 Å². The van der Waals surface area contributed by atoms with Crippen LogP contribution < -0.4 is 4.72 Å². The molecule has 1 N–H and O–H groups in total. The standard InChI is InChI=1S/C20H24N2O4S/c1-14-4-7-17(8-5-14)21-27(24,25)18-9-6-15(2)19(12-18)20(23)22-10-11-26-16(3)13-22/h4-9,12,16,21H,10-11,13H2,1-3H3. The number of morpholine rings is 1. The number of nitrogens with zero attached hydrogens (tertiary/aromatic N) is 1. The van der Waals surface area contributed by atoms with Crippen LogP contribution in [-0.2, 0) is 14.8 Å². The molecule has 0 aliphatic carbocycles. The Morgan fingerprint density at radius 2 is 1.85 bits per heavy atom. The maximum atomic E-state index is 12.9. The van der Waals surface area contributed by atoms with Crippen LogP contribution in [0.2, 0.25) is 0 Å². The SMILES string of the molecule is Cc1ccc(NS(=O)(=O)c2ccc(C)c(C(=O)N3CCOC(C)C3)c2)cc1. The van der Waals surface area contributed by atoms with Crippen LogP contribution in [0.25, 0.3) is 0 Å². The second-order valence-electron chi connectivity index (χ2n) is 6.88. The maximum Gasteiger partial charge on any atom is 0.261 e. The highest BCUT2D eigenvalue weighted by Crippen LogP contribution is 2.21. The highest BCUT2D eigenvalue weighted by atomic mass is 32.2. The van der Waals surface area contributed by atoms with E-state index in [0.29, 0.717) is 30.9 Å². The van der Waals surface area contributed by atoms with Crippen molar-refractivity contribution in [3.8, 4) is 0 Å². The molecule has 0 aromatic heterocycles. The number of carbonyl (C=O) groups is 1. The number of carbonyl (C=O) groups excluding carboxylic acids is 1. The highest BCUT2D eigenvalue weighted by Gasteiger charge is 2.25. The van der Waals surface area contributed by atoms with Gasteiger partial charge in [-0.25, -0.2) is 8.42 Å². The number of sulfonamides is 1. The second-order valence-corrected chi connectivity index (χ2v) is 8.56. The molecule has 2 aromatic carbocycles. The summed E-state index contributed by atoms with van der Waals surface area (Å²) in [5, 5.41) is 0. The highest BCUT2D eigenvalue weighted by molar-refractivity contribution is 7.92. The van der Waals surface area contributed by atoms with Gasteiger partial charge in [0.25, 0.3) is 15.9 Å². The van der Waals surface area contributed by atoms with Gasteiger partial charge in [-0.1, -0.05) is 23.8 Å². The van der Waals surface area contributed by atoms with Gasteiger partial charge in [-0.2, -0.15) is 0 Å². The third-order valence-corrected chi connectivity index (χ3v) is 5.96. The molecule has 0 saturated carbocycles. The molecule has 6 nitrogen and oxygen atoms in total. The zero-order valence-corrected chi connectivity index (χ0v) is 16.5. The van der Waals surface area contributed by atoms with E-state index in [1.807, 2.05) is 26.0 Å². The van der Waals surface area contributed by atoms with Crippen molar-refractivity contribution in [3.63, 3.8) is 0 Å². The van der Waals surface area contributed by atoms with Crippen molar-refractivity contribution in [1.29, 1.82) is 0 Å². The van der Waals surface area contributed by atoms with E-state index in [-0.39, 0.29) is 16.9 Å². The van der Waals surface area contributed by atoms with Crippen LogP contribution in [0.4, 0.5) is 5.69 Å². The molecule has 1 amide bonds.